The van der Waals surface area contributed by atoms with Gasteiger partial charge in [0.05, 0.1) is 27.2 Å². The fraction of sp³-hybridized carbons (Fsp3) is 0.614. The number of unbranched alkanes of at least 4 members (excludes halogenated alkanes) is 6. The minimum absolute atomic E-state index is 0.0242. The number of nitrogens with zero attached hydrogens (tertiary/aromatic N) is 2. The number of benzene rings is 2. The second-order valence-electron chi connectivity index (χ2n) is 16.8. The Hall–Kier alpha value is -3.99. The van der Waals surface area contributed by atoms with E-state index in [4.69, 9.17) is 4.74 Å². The highest BCUT2D eigenvalue weighted by Crippen LogP contribution is 2.44. The van der Waals surface area contributed by atoms with Crippen LogP contribution in [0.4, 0.5) is 11.4 Å². The molecule has 0 radical (unpaired) electrons. The Morgan fingerprint density at radius 1 is 0.633 bits per heavy atom. The van der Waals surface area contributed by atoms with Crippen molar-refractivity contribution < 1.29 is 54.2 Å². The van der Waals surface area contributed by atoms with Crippen molar-refractivity contribution in [2.24, 2.45) is 0 Å². The average molecular weight is 875 g/mol. The number of ether oxygens (including phenoxy) is 1. The number of carbonyl (C=O) groups is 3. The highest BCUT2D eigenvalue weighted by molar-refractivity contribution is 7.86. The maximum Gasteiger partial charge on any atom is 0.305 e. The average Bonchev–Trinajstić information content (AvgIpc) is 3.50. The Labute approximate surface area is 356 Å². The number of rotatable bonds is 25. The Morgan fingerprint density at radius 3 is 1.62 bits per heavy atom. The third-order valence-electron chi connectivity index (χ3n) is 12.3. The molecule has 2 aliphatic heterocycles. The van der Waals surface area contributed by atoms with Gasteiger partial charge >= 0.3 is 5.97 Å². The second kappa shape index (κ2) is 21.2. The number of nitrogens with one attached hydrogen (secondary N) is 2. The summed E-state index contributed by atoms with van der Waals surface area (Å²) < 4.78 is 76.2. The van der Waals surface area contributed by atoms with Crippen LogP contribution in [0.5, 0.6) is 0 Å². The maximum atomic E-state index is 12.6. The zero-order valence-electron chi connectivity index (χ0n) is 36.3. The van der Waals surface area contributed by atoms with Crippen LogP contribution in [0.15, 0.2) is 46.2 Å². The van der Waals surface area contributed by atoms with Crippen molar-refractivity contribution in [3.05, 3.63) is 47.5 Å². The van der Waals surface area contributed by atoms with Crippen molar-refractivity contribution in [3.63, 3.8) is 0 Å². The van der Waals surface area contributed by atoms with Crippen molar-refractivity contribution in [3.8, 4) is 0 Å². The zero-order chi connectivity index (χ0) is 44.3. The molecule has 0 fully saturated rings. The van der Waals surface area contributed by atoms with Gasteiger partial charge in [-0.2, -0.15) is 26.0 Å². The lowest BCUT2D eigenvalue weighted by Gasteiger charge is -2.22. The van der Waals surface area contributed by atoms with Crippen molar-refractivity contribution >= 4 is 60.8 Å². The smallest absolute Gasteiger partial charge is 0.305 e. The topological polar surface area (TPSA) is 199 Å². The molecule has 2 aromatic rings. The van der Waals surface area contributed by atoms with Crippen LogP contribution in [0.25, 0.3) is 0 Å². The summed E-state index contributed by atoms with van der Waals surface area (Å²) in [7, 11) is -8.67. The van der Waals surface area contributed by atoms with Gasteiger partial charge in [-0.25, -0.2) is 0 Å². The molecule has 14 nitrogen and oxygen atoms in total. The fourth-order valence-electron chi connectivity index (χ4n) is 8.39. The van der Waals surface area contributed by atoms with E-state index in [0.717, 1.165) is 98.3 Å². The Bertz CT molecular complexity index is 2180. The molecule has 332 valence electrons. The normalized spacial score (nSPS) is 17.1. The molecule has 1 atom stereocenters. The van der Waals surface area contributed by atoms with E-state index in [-0.39, 0.29) is 33.0 Å². The van der Waals surface area contributed by atoms with Crippen molar-refractivity contribution in [2.45, 2.75) is 152 Å². The van der Waals surface area contributed by atoms with Gasteiger partial charge in [0.15, 0.2) is 11.4 Å². The first-order valence-corrected chi connectivity index (χ1v) is 24.3. The van der Waals surface area contributed by atoms with E-state index in [1.54, 1.807) is 31.2 Å². The van der Waals surface area contributed by atoms with Gasteiger partial charge in [0.25, 0.3) is 20.2 Å². The van der Waals surface area contributed by atoms with Gasteiger partial charge in [-0.05, 0) is 96.9 Å². The number of carbonyl (C=O) groups excluding carboxylic acids is 3. The monoisotopic (exact) mass is 874 g/mol. The summed E-state index contributed by atoms with van der Waals surface area (Å²) in [5, 5.41) is 5.87. The Kier molecular flexibility index (Phi) is 17.2. The van der Waals surface area contributed by atoms with Gasteiger partial charge in [0, 0.05) is 82.3 Å². The standard InChI is InChI=1S/C44H64N4O10S2/c1-7-58-42(51)20-13-10-16-29-48-33(3)44(6,37-31-35(60(55,56)57)22-24-39(37)48)25-14-8-11-18-40(49)45-26-17-27-46-41(50)19-12-9-15-28-47-32(2)43(4,5)36-30-34(59(52,53)54)21-23-38(36)47/h21-24,30-31H,7-20,25-29H2,1-6H3,(H2-2,45,46,49,50,52,53,54,55,56,57)/p+2. The van der Waals surface area contributed by atoms with Crippen LogP contribution in [0.2, 0.25) is 0 Å². The molecule has 4 N–H and O–H groups in total. The first kappa shape index (κ1) is 48.7. The molecule has 0 aromatic heterocycles. The van der Waals surface area contributed by atoms with Crippen LogP contribution in [-0.4, -0.2) is 97.1 Å². The molecule has 60 heavy (non-hydrogen) atoms. The molecule has 2 aliphatic rings. The number of amides is 2. The van der Waals surface area contributed by atoms with E-state index in [9.17, 15) is 40.3 Å². The molecule has 2 heterocycles. The van der Waals surface area contributed by atoms with Crippen LogP contribution >= 0.6 is 0 Å². The van der Waals surface area contributed by atoms with Gasteiger partial charge in [-0.1, -0.05) is 12.8 Å². The van der Waals surface area contributed by atoms with E-state index in [0.29, 0.717) is 58.3 Å². The molecule has 0 spiro atoms. The van der Waals surface area contributed by atoms with E-state index in [1.165, 1.54) is 12.1 Å². The van der Waals surface area contributed by atoms with Crippen molar-refractivity contribution in [1.82, 2.24) is 10.6 Å². The minimum Gasteiger partial charge on any atom is -0.466 e. The molecule has 2 amide bonds. The number of hydrogen-bond acceptors (Lipinski definition) is 8. The van der Waals surface area contributed by atoms with E-state index < -0.39 is 25.7 Å². The van der Waals surface area contributed by atoms with Crippen LogP contribution in [0.3, 0.4) is 0 Å². The lowest BCUT2D eigenvalue weighted by Crippen LogP contribution is -2.31. The molecule has 4 rings (SSSR count). The molecule has 2 aromatic carbocycles. The SMILES string of the molecule is CCOC(=O)CCCCC[N+]1=C(C)C(C)(CCCCCC(=O)NCCCNC(=O)CCCCC[N+]2=C(C)C(C)(C)c3cc(S(=O)(=O)O)ccc32)c2cc(S(=O)(=O)O)ccc21. The first-order chi connectivity index (χ1) is 28.2. The molecule has 16 heteroatoms. The Morgan fingerprint density at radius 2 is 1.10 bits per heavy atom. The van der Waals surface area contributed by atoms with Crippen LogP contribution in [0.1, 0.15) is 143 Å². The van der Waals surface area contributed by atoms with Crippen molar-refractivity contribution in [2.75, 3.05) is 32.8 Å². The molecule has 0 saturated carbocycles. The fourth-order valence-corrected chi connectivity index (χ4v) is 9.40. The summed E-state index contributed by atoms with van der Waals surface area (Å²) in [5.41, 5.74) is 4.96. The quantitative estimate of drug-likeness (QED) is 0.0352. The third kappa shape index (κ3) is 12.5. The van der Waals surface area contributed by atoms with Gasteiger partial charge in [-0.15, -0.1) is 0 Å². The molecular formula is C44H66N4O10S2+2. The lowest BCUT2D eigenvalue weighted by molar-refractivity contribution is -0.440. The summed E-state index contributed by atoms with van der Waals surface area (Å²) in [6.07, 6.45) is 9.75. The summed E-state index contributed by atoms with van der Waals surface area (Å²) in [5.74, 6) is -0.255. The summed E-state index contributed by atoms with van der Waals surface area (Å²) in [6.45, 7) is 14.8. The maximum absolute atomic E-state index is 12.6. The van der Waals surface area contributed by atoms with Crippen LogP contribution < -0.4 is 10.6 Å². The third-order valence-corrected chi connectivity index (χ3v) is 14.0. The van der Waals surface area contributed by atoms with E-state index >= 15 is 0 Å². The van der Waals surface area contributed by atoms with Gasteiger partial charge in [0.2, 0.25) is 23.2 Å². The van der Waals surface area contributed by atoms with Gasteiger partial charge < -0.3 is 15.4 Å². The predicted molar refractivity (Wildman–Crippen MR) is 231 cm³/mol. The Balaban J connectivity index is 1.12. The predicted octanol–water partition coefficient (Wildman–Crippen LogP) is 6.91. The number of esters is 1. The first-order valence-electron chi connectivity index (χ1n) is 21.4. The second-order valence-corrected chi connectivity index (χ2v) is 19.6. The van der Waals surface area contributed by atoms with E-state index in [1.807, 2.05) is 20.8 Å². The molecular weight excluding hydrogens is 809 g/mol. The lowest BCUT2D eigenvalue weighted by atomic mass is 9.76. The summed E-state index contributed by atoms with van der Waals surface area (Å²) >= 11 is 0. The number of fused-ring (bicyclic) bond motifs is 2. The molecule has 0 aliphatic carbocycles. The molecule has 1 unspecified atom stereocenters. The van der Waals surface area contributed by atoms with Gasteiger partial charge in [-0.3, -0.25) is 23.5 Å². The van der Waals surface area contributed by atoms with Crippen molar-refractivity contribution in [1.29, 1.82) is 0 Å². The summed E-state index contributed by atoms with van der Waals surface area (Å²) in [6, 6.07) is 9.50. The minimum atomic E-state index is -4.38. The summed E-state index contributed by atoms with van der Waals surface area (Å²) in [4.78, 5) is 36.5. The highest BCUT2D eigenvalue weighted by atomic mass is 32.2. The van der Waals surface area contributed by atoms with Crippen LogP contribution in [-0.2, 0) is 50.2 Å². The van der Waals surface area contributed by atoms with Gasteiger partial charge in [0.1, 0.15) is 13.1 Å². The number of hydrogen-bond donors (Lipinski definition) is 4. The zero-order valence-corrected chi connectivity index (χ0v) is 37.9. The van der Waals surface area contributed by atoms with E-state index in [2.05, 4.69) is 33.6 Å². The molecule has 0 bridgehead atoms. The largest absolute Gasteiger partial charge is 0.466 e. The molecule has 0 saturated heterocycles. The van der Waals surface area contributed by atoms with Crippen LogP contribution in [0, 0.1) is 0 Å². The highest BCUT2D eigenvalue weighted by Gasteiger charge is 2.46.